The number of nitrogens with two attached hydrogens (primary N) is 1. The maximum Gasteiger partial charge on any atom is 0.227 e. The fourth-order valence-corrected chi connectivity index (χ4v) is 2.41. The van der Waals surface area contributed by atoms with Crippen LogP contribution in [0.3, 0.4) is 0 Å². The predicted molar refractivity (Wildman–Crippen MR) is 66.5 cm³/mol. The van der Waals surface area contributed by atoms with Gasteiger partial charge in [-0.25, -0.2) is 4.39 Å². The standard InChI is InChI=1S/C13H17FN2O/c1-7(2)16-12(17)4-8(3)10-5-9(15)6-11(14)13(10)16/h5-8H,4,15H2,1-3H3. The molecule has 0 saturated carbocycles. The number of nitrogens with zero attached hydrogens (tertiary/aromatic N) is 1. The van der Waals surface area contributed by atoms with Crippen LogP contribution in [0, 0.1) is 5.82 Å². The van der Waals surface area contributed by atoms with E-state index >= 15 is 0 Å². The Morgan fingerprint density at radius 1 is 1.47 bits per heavy atom. The second-order valence-corrected chi connectivity index (χ2v) is 4.90. The minimum absolute atomic E-state index is 0.0190. The minimum Gasteiger partial charge on any atom is -0.399 e. The van der Waals surface area contributed by atoms with Crippen molar-refractivity contribution in [3.8, 4) is 0 Å². The topological polar surface area (TPSA) is 46.3 Å². The van der Waals surface area contributed by atoms with Crippen molar-refractivity contribution in [2.24, 2.45) is 0 Å². The van der Waals surface area contributed by atoms with Crippen LogP contribution >= 0.6 is 0 Å². The molecule has 2 rings (SSSR count). The lowest BCUT2D eigenvalue weighted by molar-refractivity contribution is -0.119. The summed E-state index contributed by atoms with van der Waals surface area (Å²) in [5.74, 6) is -0.414. The number of hydrogen-bond acceptors (Lipinski definition) is 2. The average Bonchev–Trinajstić information content (AvgIpc) is 2.19. The minimum atomic E-state index is -0.409. The Balaban J connectivity index is 2.65. The number of halogens is 1. The molecule has 1 atom stereocenters. The Morgan fingerprint density at radius 2 is 2.12 bits per heavy atom. The second-order valence-electron chi connectivity index (χ2n) is 4.90. The number of carbonyl (C=O) groups is 1. The first-order valence-electron chi connectivity index (χ1n) is 5.82. The molecule has 0 radical (unpaired) electrons. The quantitative estimate of drug-likeness (QED) is 0.762. The molecule has 92 valence electrons. The highest BCUT2D eigenvalue weighted by Crippen LogP contribution is 2.39. The molecule has 1 unspecified atom stereocenters. The first kappa shape index (κ1) is 11.9. The van der Waals surface area contributed by atoms with E-state index < -0.39 is 5.82 Å². The Kier molecular flexibility index (Phi) is 2.81. The Labute approximate surface area is 100 Å². The third kappa shape index (κ3) is 1.88. The van der Waals surface area contributed by atoms with Gasteiger partial charge in [0.1, 0.15) is 5.82 Å². The van der Waals surface area contributed by atoms with Gasteiger partial charge >= 0.3 is 0 Å². The highest BCUT2D eigenvalue weighted by Gasteiger charge is 2.33. The van der Waals surface area contributed by atoms with E-state index in [1.54, 1.807) is 6.07 Å². The molecule has 2 N–H and O–H groups in total. The number of amides is 1. The van der Waals surface area contributed by atoms with E-state index in [4.69, 9.17) is 5.73 Å². The number of hydrogen-bond donors (Lipinski definition) is 1. The first-order chi connectivity index (χ1) is 7.91. The summed E-state index contributed by atoms with van der Waals surface area (Å²) in [5, 5.41) is 0. The highest BCUT2D eigenvalue weighted by molar-refractivity contribution is 5.98. The zero-order chi connectivity index (χ0) is 12.7. The molecule has 0 fully saturated rings. The summed E-state index contributed by atoms with van der Waals surface area (Å²) in [6, 6.07) is 3.00. The summed E-state index contributed by atoms with van der Waals surface area (Å²) in [6.07, 6.45) is 0.411. The van der Waals surface area contributed by atoms with Crippen LogP contribution in [-0.4, -0.2) is 11.9 Å². The van der Waals surface area contributed by atoms with E-state index in [9.17, 15) is 9.18 Å². The molecule has 1 heterocycles. The summed E-state index contributed by atoms with van der Waals surface area (Å²) in [4.78, 5) is 13.5. The van der Waals surface area contributed by atoms with E-state index in [1.807, 2.05) is 20.8 Å². The smallest absolute Gasteiger partial charge is 0.227 e. The van der Waals surface area contributed by atoms with Gasteiger partial charge in [-0.3, -0.25) is 4.79 Å². The number of rotatable bonds is 1. The van der Waals surface area contributed by atoms with Crippen molar-refractivity contribution in [2.45, 2.75) is 39.2 Å². The fourth-order valence-electron chi connectivity index (χ4n) is 2.41. The van der Waals surface area contributed by atoms with Gasteiger partial charge in [-0.1, -0.05) is 6.92 Å². The summed E-state index contributed by atoms with van der Waals surface area (Å²) in [6.45, 7) is 5.69. The SMILES string of the molecule is CC1CC(=O)N(C(C)C)c2c(F)cc(N)cc21. The molecule has 1 aliphatic rings. The third-order valence-electron chi connectivity index (χ3n) is 3.15. The van der Waals surface area contributed by atoms with E-state index in [1.165, 1.54) is 11.0 Å². The van der Waals surface area contributed by atoms with Gasteiger partial charge < -0.3 is 10.6 Å². The molecule has 0 saturated heterocycles. The van der Waals surface area contributed by atoms with Crippen molar-refractivity contribution in [3.63, 3.8) is 0 Å². The molecule has 0 aliphatic carbocycles. The molecule has 4 heteroatoms. The molecule has 1 amide bonds. The molecule has 1 aromatic carbocycles. The Bertz CT molecular complexity index is 471. The van der Waals surface area contributed by atoms with Crippen LogP contribution in [0.2, 0.25) is 0 Å². The molecular formula is C13H17FN2O. The largest absolute Gasteiger partial charge is 0.399 e. The van der Waals surface area contributed by atoms with Crippen molar-refractivity contribution >= 4 is 17.3 Å². The highest BCUT2D eigenvalue weighted by atomic mass is 19.1. The summed E-state index contributed by atoms with van der Waals surface area (Å²) < 4.78 is 14.0. The normalized spacial score (nSPS) is 19.7. The van der Waals surface area contributed by atoms with Crippen molar-refractivity contribution < 1.29 is 9.18 Å². The van der Waals surface area contributed by atoms with E-state index in [2.05, 4.69) is 0 Å². The van der Waals surface area contributed by atoms with Gasteiger partial charge in [-0.15, -0.1) is 0 Å². The zero-order valence-corrected chi connectivity index (χ0v) is 10.3. The lowest BCUT2D eigenvalue weighted by atomic mass is 9.89. The fraction of sp³-hybridized carbons (Fsp3) is 0.462. The van der Waals surface area contributed by atoms with Crippen LogP contribution < -0.4 is 10.6 Å². The summed E-state index contributed by atoms with van der Waals surface area (Å²) >= 11 is 0. The molecule has 1 aromatic rings. The zero-order valence-electron chi connectivity index (χ0n) is 10.3. The van der Waals surface area contributed by atoms with Crippen LogP contribution in [-0.2, 0) is 4.79 Å². The molecule has 0 bridgehead atoms. The van der Waals surface area contributed by atoms with E-state index in [0.29, 0.717) is 17.8 Å². The molecule has 17 heavy (non-hydrogen) atoms. The van der Waals surface area contributed by atoms with Gasteiger partial charge in [0.05, 0.1) is 5.69 Å². The number of carbonyl (C=O) groups excluding carboxylic acids is 1. The molecule has 0 spiro atoms. The molecular weight excluding hydrogens is 219 g/mol. The van der Waals surface area contributed by atoms with Gasteiger partial charge in [0.25, 0.3) is 0 Å². The van der Waals surface area contributed by atoms with Crippen LogP contribution in [0.25, 0.3) is 0 Å². The monoisotopic (exact) mass is 236 g/mol. The number of anilines is 2. The Morgan fingerprint density at radius 3 is 2.71 bits per heavy atom. The lowest BCUT2D eigenvalue weighted by Gasteiger charge is -2.35. The molecule has 3 nitrogen and oxygen atoms in total. The maximum atomic E-state index is 14.0. The van der Waals surface area contributed by atoms with Gasteiger partial charge in [0.2, 0.25) is 5.91 Å². The third-order valence-corrected chi connectivity index (χ3v) is 3.15. The first-order valence-corrected chi connectivity index (χ1v) is 5.82. The van der Waals surface area contributed by atoms with E-state index in [0.717, 1.165) is 5.56 Å². The molecule has 0 aromatic heterocycles. The van der Waals surface area contributed by atoms with Gasteiger partial charge in [-0.2, -0.15) is 0 Å². The number of fused-ring (bicyclic) bond motifs is 1. The maximum absolute atomic E-state index is 14.0. The van der Waals surface area contributed by atoms with Gasteiger partial charge in [-0.05, 0) is 37.5 Å². The lowest BCUT2D eigenvalue weighted by Crippen LogP contribution is -2.41. The summed E-state index contributed by atoms with van der Waals surface area (Å²) in [5.41, 5.74) is 7.30. The van der Waals surface area contributed by atoms with Crippen LogP contribution in [0.4, 0.5) is 15.8 Å². The summed E-state index contributed by atoms with van der Waals surface area (Å²) in [7, 11) is 0. The van der Waals surface area contributed by atoms with Gasteiger partial charge in [0, 0.05) is 18.2 Å². The number of benzene rings is 1. The number of nitrogen functional groups attached to an aromatic ring is 1. The Hall–Kier alpha value is -1.58. The predicted octanol–water partition coefficient (Wildman–Crippen LogP) is 2.66. The van der Waals surface area contributed by atoms with Crippen molar-refractivity contribution in [1.82, 2.24) is 0 Å². The van der Waals surface area contributed by atoms with Crippen LogP contribution in [0.1, 0.15) is 38.7 Å². The van der Waals surface area contributed by atoms with Gasteiger partial charge in [0.15, 0.2) is 0 Å². The van der Waals surface area contributed by atoms with Crippen LogP contribution in [0.15, 0.2) is 12.1 Å². The average molecular weight is 236 g/mol. The second kappa shape index (κ2) is 4.02. The van der Waals surface area contributed by atoms with Crippen LogP contribution in [0.5, 0.6) is 0 Å². The van der Waals surface area contributed by atoms with Crippen molar-refractivity contribution in [3.05, 3.63) is 23.5 Å². The van der Waals surface area contributed by atoms with Crippen molar-refractivity contribution in [1.29, 1.82) is 0 Å². The van der Waals surface area contributed by atoms with E-state index in [-0.39, 0.29) is 17.9 Å². The molecule has 1 aliphatic heterocycles. The van der Waals surface area contributed by atoms with Crippen molar-refractivity contribution in [2.75, 3.05) is 10.6 Å².